The summed E-state index contributed by atoms with van der Waals surface area (Å²) >= 11 is 1.34. The van der Waals surface area contributed by atoms with Crippen LogP contribution in [0.15, 0.2) is 34.7 Å². The summed E-state index contributed by atoms with van der Waals surface area (Å²) in [6.07, 6.45) is -3.25. The maximum atomic E-state index is 12.7. The van der Waals surface area contributed by atoms with Crippen molar-refractivity contribution in [1.29, 1.82) is 0 Å². The SMILES string of the molecule is Cc1csc(NN=Cc2ccccc2C(F)(F)F)n1. The van der Waals surface area contributed by atoms with Crippen LogP contribution in [-0.2, 0) is 6.18 Å². The topological polar surface area (TPSA) is 37.3 Å². The van der Waals surface area contributed by atoms with Crippen molar-refractivity contribution in [3.63, 3.8) is 0 Å². The summed E-state index contributed by atoms with van der Waals surface area (Å²) in [6.45, 7) is 1.82. The Balaban J connectivity index is 2.15. The number of aromatic nitrogens is 1. The molecule has 0 unspecified atom stereocenters. The molecule has 100 valence electrons. The van der Waals surface area contributed by atoms with Crippen molar-refractivity contribution < 1.29 is 13.2 Å². The van der Waals surface area contributed by atoms with Gasteiger partial charge in [0.05, 0.1) is 17.5 Å². The van der Waals surface area contributed by atoms with Crippen molar-refractivity contribution in [1.82, 2.24) is 4.98 Å². The third-order valence-corrected chi connectivity index (χ3v) is 3.11. The van der Waals surface area contributed by atoms with Gasteiger partial charge >= 0.3 is 6.18 Å². The number of nitrogens with one attached hydrogen (secondary N) is 1. The summed E-state index contributed by atoms with van der Waals surface area (Å²) in [7, 11) is 0. The average Bonchev–Trinajstić information content (AvgIpc) is 2.74. The first-order valence-corrected chi connectivity index (χ1v) is 6.22. The predicted octanol–water partition coefficient (Wildman–Crippen LogP) is 3.92. The number of rotatable bonds is 3. The fraction of sp³-hybridized carbons (Fsp3) is 0.167. The molecule has 0 spiro atoms. The molecule has 1 heterocycles. The highest BCUT2D eigenvalue weighted by Crippen LogP contribution is 2.31. The predicted molar refractivity (Wildman–Crippen MR) is 69.5 cm³/mol. The van der Waals surface area contributed by atoms with Crippen LogP contribution in [0, 0.1) is 6.92 Å². The molecule has 0 amide bonds. The van der Waals surface area contributed by atoms with Crippen LogP contribution < -0.4 is 5.43 Å². The van der Waals surface area contributed by atoms with E-state index in [2.05, 4.69) is 15.5 Å². The van der Waals surface area contributed by atoms with Crippen LogP contribution in [0.3, 0.4) is 0 Å². The van der Waals surface area contributed by atoms with Crippen molar-refractivity contribution in [2.24, 2.45) is 5.10 Å². The van der Waals surface area contributed by atoms with Crippen LogP contribution in [-0.4, -0.2) is 11.2 Å². The molecule has 2 rings (SSSR count). The summed E-state index contributed by atoms with van der Waals surface area (Å²) in [5, 5.41) is 6.13. The van der Waals surface area contributed by atoms with Gasteiger partial charge in [-0.3, -0.25) is 5.43 Å². The quantitative estimate of drug-likeness (QED) is 0.685. The number of hydrazone groups is 1. The van der Waals surface area contributed by atoms with E-state index in [9.17, 15) is 13.2 Å². The first-order valence-electron chi connectivity index (χ1n) is 5.34. The van der Waals surface area contributed by atoms with Gasteiger partial charge in [-0.25, -0.2) is 4.98 Å². The Morgan fingerprint density at radius 1 is 1.32 bits per heavy atom. The molecule has 0 aliphatic heterocycles. The van der Waals surface area contributed by atoms with Crippen LogP contribution in [0.2, 0.25) is 0 Å². The highest BCUT2D eigenvalue weighted by atomic mass is 32.1. The van der Waals surface area contributed by atoms with Crippen LogP contribution in [0.4, 0.5) is 18.3 Å². The summed E-state index contributed by atoms with van der Waals surface area (Å²) in [5.41, 5.74) is 2.73. The number of alkyl halides is 3. The van der Waals surface area contributed by atoms with E-state index >= 15 is 0 Å². The number of thiazole rings is 1. The average molecular weight is 285 g/mol. The van der Waals surface area contributed by atoms with Crippen LogP contribution in [0.1, 0.15) is 16.8 Å². The number of hydrogen-bond donors (Lipinski definition) is 1. The van der Waals surface area contributed by atoms with Crippen LogP contribution in [0.5, 0.6) is 0 Å². The molecule has 19 heavy (non-hydrogen) atoms. The van der Waals surface area contributed by atoms with Crippen LogP contribution >= 0.6 is 11.3 Å². The molecule has 1 aromatic heterocycles. The zero-order chi connectivity index (χ0) is 13.9. The van der Waals surface area contributed by atoms with Gasteiger partial charge in [0.25, 0.3) is 0 Å². The Labute approximate surface area is 111 Å². The highest BCUT2D eigenvalue weighted by molar-refractivity contribution is 7.13. The van der Waals surface area contributed by atoms with E-state index < -0.39 is 11.7 Å². The Bertz CT molecular complexity index is 590. The number of anilines is 1. The maximum Gasteiger partial charge on any atom is 0.417 e. The number of hydrogen-bond acceptors (Lipinski definition) is 4. The van der Waals surface area contributed by atoms with E-state index in [0.29, 0.717) is 5.13 Å². The summed E-state index contributed by atoms with van der Waals surface area (Å²) in [5.74, 6) is 0. The van der Waals surface area contributed by atoms with E-state index in [-0.39, 0.29) is 5.56 Å². The highest BCUT2D eigenvalue weighted by Gasteiger charge is 2.32. The zero-order valence-corrected chi connectivity index (χ0v) is 10.7. The molecule has 0 aliphatic rings. The Morgan fingerprint density at radius 3 is 2.68 bits per heavy atom. The lowest BCUT2D eigenvalue weighted by molar-refractivity contribution is -0.137. The summed E-state index contributed by atoms with van der Waals surface area (Å²) in [4.78, 5) is 4.08. The largest absolute Gasteiger partial charge is 0.417 e. The lowest BCUT2D eigenvalue weighted by Gasteiger charge is -2.08. The number of nitrogens with zero attached hydrogens (tertiary/aromatic N) is 2. The minimum absolute atomic E-state index is 0.00998. The fourth-order valence-corrected chi connectivity index (χ4v) is 2.07. The second-order valence-electron chi connectivity index (χ2n) is 3.75. The van der Waals surface area contributed by atoms with E-state index in [0.717, 1.165) is 18.0 Å². The molecule has 2 aromatic rings. The first-order chi connectivity index (χ1) is 8.97. The second-order valence-corrected chi connectivity index (χ2v) is 4.61. The Morgan fingerprint density at radius 2 is 2.05 bits per heavy atom. The third-order valence-electron chi connectivity index (χ3n) is 2.25. The van der Waals surface area contributed by atoms with E-state index in [1.165, 1.54) is 29.5 Å². The van der Waals surface area contributed by atoms with Gasteiger partial charge < -0.3 is 0 Å². The molecule has 0 saturated heterocycles. The molecule has 1 N–H and O–H groups in total. The first kappa shape index (κ1) is 13.5. The molecule has 0 fully saturated rings. The molecule has 7 heteroatoms. The van der Waals surface area contributed by atoms with Crippen molar-refractivity contribution in [2.45, 2.75) is 13.1 Å². The van der Waals surface area contributed by atoms with Gasteiger partial charge in [-0.1, -0.05) is 18.2 Å². The van der Waals surface area contributed by atoms with Crippen molar-refractivity contribution in [3.8, 4) is 0 Å². The minimum atomic E-state index is -4.39. The van der Waals surface area contributed by atoms with Gasteiger partial charge in [-0.2, -0.15) is 18.3 Å². The summed E-state index contributed by atoms with van der Waals surface area (Å²) in [6, 6.07) is 5.26. The minimum Gasteiger partial charge on any atom is -0.253 e. The van der Waals surface area contributed by atoms with Gasteiger partial charge in [0.1, 0.15) is 0 Å². The zero-order valence-electron chi connectivity index (χ0n) is 9.90. The van der Waals surface area contributed by atoms with Crippen LogP contribution in [0.25, 0.3) is 0 Å². The molecular weight excluding hydrogens is 275 g/mol. The molecule has 0 radical (unpaired) electrons. The molecule has 3 nitrogen and oxygen atoms in total. The molecule has 1 aromatic carbocycles. The lowest BCUT2D eigenvalue weighted by atomic mass is 10.1. The lowest BCUT2D eigenvalue weighted by Crippen LogP contribution is -2.08. The number of halogens is 3. The molecule has 0 bridgehead atoms. The molecule has 0 saturated carbocycles. The number of aryl methyl sites for hydroxylation is 1. The van der Waals surface area contributed by atoms with Gasteiger partial charge in [-0.05, 0) is 13.0 Å². The number of benzene rings is 1. The van der Waals surface area contributed by atoms with E-state index in [1.54, 1.807) is 0 Å². The van der Waals surface area contributed by atoms with E-state index in [1.807, 2.05) is 12.3 Å². The van der Waals surface area contributed by atoms with Crippen molar-refractivity contribution in [2.75, 3.05) is 5.43 Å². The normalized spacial score (nSPS) is 12.0. The fourth-order valence-electron chi connectivity index (χ4n) is 1.43. The standard InChI is InChI=1S/C12H10F3N3S/c1-8-7-19-11(17-8)18-16-6-9-4-2-3-5-10(9)12(13,14)15/h2-7H,1H3,(H,17,18). The third kappa shape index (κ3) is 3.54. The Kier molecular flexibility index (Phi) is 3.84. The van der Waals surface area contributed by atoms with Gasteiger partial charge in [0.2, 0.25) is 5.13 Å². The smallest absolute Gasteiger partial charge is 0.253 e. The van der Waals surface area contributed by atoms with Crippen molar-refractivity contribution in [3.05, 3.63) is 46.5 Å². The Hall–Kier alpha value is -1.89. The van der Waals surface area contributed by atoms with E-state index in [4.69, 9.17) is 0 Å². The van der Waals surface area contributed by atoms with Crippen molar-refractivity contribution >= 4 is 22.7 Å². The van der Waals surface area contributed by atoms with Gasteiger partial charge in [0, 0.05) is 10.9 Å². The molecule has 0 atom stereocenters. The maximum absolute atomic E-state index is 12.7. The van der Waals surface area contributed by atoms with Gasteiger partial charge in [-0.15, -0.1) is 11.3 Å². The molecular formula is C12H10F3N3S. The van der Waals surface area contributed by atoms with Gasteiger partial charge in [0.15, 0.2) is 0 Å². The molecule has 0 aliphatic carbocycles. The second kappa shape index (κ2) is 5.40. The summed E-state index contributed by atoms with van der Waals surface area (Å²) < 4.78 is 38.1. The monoisotopic (exact) mass is 285 g/mol.